The number of benzene rings is 2. The lowest BCUT2D eigenvalue weighted by Crippen LogP contribution is -2.34. The van der Waals surface area contributed by atoms with Crippen LogP contribution in [0.25, 0.3) is 0 Å². The minimum Gasteiger partial charge on any atom is -0.384 e. The van der Waals surface area contributed by atoms with Gasteiger partial charge in [-0.15, -0.1) is 0 Å². The molecule has 0 saturated carbocycles. The summed E-state index contributed by atoms with van der Waals surface area (Å²) in [4.78, 5) is -0.555. The molecule has 0 fully saturated rings. The van der Waals surface area contributed by atoms with E-state index in [2.05, 4.69) is 21.2 Å². The van der Waals surface area contributed by atoms with Gasteiger partial charge in [-0.2, -0.15) is 0 Å². The van der Waals surface area contributed by atoms with E-state index in [0.717, 1.165) is 23.3 Å². The molecule has 0 saturated heterocycles. The van der Waals surface area contributed by atoms with E-state index in [1.165, 1.54) is 0 Å². The van der Waals surface area contributed by atoms with Crippen molar-refractivity contribution in [1.29, 1.82) is 0 Å². The Hall–Kier alpha value is -1.52. The van der Waals surface area contributed by atoms with Gasteiger partial charge in [0.2, 0.25) is 10.0 Å². The van der Waals surface area contributed by atoms with Crippen molar-refractivity contribution in [2.24, 2.45) is 22.5 Å². The molecule has 148 valence electrons. The molecular formula is C18H24BrFN4O2S. The van der Waals surface area contributed by atoms with Crippen LogP contribution in [0.4, 0.5) is 10.1 Å². The molecule has 6 nitrogen and oxygen atoms in total. The molecule has 2 aromatic rings. The van der Waals surface area contributed by atoms with Crippen LogP contribution < -0.4 is 21.9 Å². The first-order valence-electron chi connectivity index (χ1n) is 8.41. The monoisotopic (exact) mass is 458 g/mol. The summed E-state index contributed by atoms with van der Waals surface area (Å²) >= 11 is 3.25. The second kappa shape index (κ2) is 9.11. The third kappa shape index (κ3) is 5.73. The van der Waals surface area contributed by atoms with Crippen molar-refractivity contribution in [3.05, 3.63) is 57.8 Å². The van der Waals surface area contributed by atoms with Crippen LogP contribution in [0.5, 0.6) is 0 Å². The highest BCUT2D eigenvalue weighted by molar-refractivity contribution is 9.10. The van der Waals surface area contributed by atoms with Gasteiger partial charge >= 0.3 is 0 Å². The largest absolute Gasteiger partial charge is 0.384 e. The summed E-state index contributed by atoms with van der Waals surface area (Å²) < 4.78 is 37.3. The Labute approximate surface area is 167 Å². The fourth-order valence-corrected chi connectivity index (χ4v) is 4.05. The topological polar surface area (TPSA) is 124 Å². The van der Waals surface area contributed by atoms with Crippen molar-refractivity contribution in [2.45, 2.75) is 30.8 Å². The van der Waals surface area contributed by atoms with Crippen LogP contribution in [0.2, 0.25) is 0 Å². The van der Waals surface area contributed by atoms with Gasteiger partial charge in [0.25, 0.3) is 0 Å². The molecule has 7 N–H and O–H groups in total. The minimum atomic E-state index is -4.13. The van der Waals surface area contributed by atoms with Crippen molar-refractivity contribution < 1.29 is 12.8 Å². The van der Waals surface area contributed by atoms with Gasteiger partial charge in [-0.3, -0.25) is 0 Å². The first kappa shape index (κ1) is 21.8. The van der Waals surface area contributed by atoms with E-state index in [9.17, 15) is 12.8 Å². The summed E-state index contributed by atoms with van der Waals surface area (Å²) in [6, 6.07) is 10.0. The van der Waals surface area contributed by atoms with Crippen molar-refractivity contribution in [1.82, 2.24) is 0 Å². The van der Waals surface area contributed by atoms with Crippen molar-refractivity contribution >= 4 is 31.6 Å². The Kier molecular flexibility index (Phi) is 7.35. The lowest BCUT2D eigenvalue weighted by atomic mass is 9.91. The van der Waals surface area contributed by atoms with Crippen molar-refractivity contribution in [2.75, 3.05) is 11.9 Å². The van der Waals surface area contributed by atoms with Crippen LogP contribution in [-0.2, 0) is 23.0 Å². The smallest absolute Gasteiger partial charge is 0.241 e. The zero-order valence-corrected chi connectivity index (χ0v) is 17.4. The number of anilines is 1. The van der Waals surface area contributed by atoms with E-state index in [1.807, 2.05) is 31.2 Å². The molecule has 2 atom stereocenters. The van der Waals surface area contributed by atoms with E-state index in [1.54, 1.807) is 0 Å². The second-order valence-corrected chi connectivity index (χ2v) is 8.87. The summed E-state index contributed by atoms with van der Waals surface area (Å²) in [5.41, 5.74) is 14.6. The second-order valence-electron chi connectivity index (χ2n) is 6.48. The molecular weight excluding hydrogens is 435 g/mol. The highest BCUT2D eigenvalue weighted by Gasteiger charge is 2.20. The average molecular weight is 459 g/mol. The van der Waals surface area contributed by atoms with Crippen LogP contribution in [-0.4, -0.2) is 21.0 Å². The molecule has 9 heteroatoms. The summed E-state index contributed by atoms with van der Waals surface area (Å²) in [6.45, 7) is 2.83. The Morgan fingerprint density at radius 1 is 1.22 bits per heavy atom. The summed E-state index contributed by atoms with van der Waals surface area (Å²) in [5, 5.41) is 8.15. The van der Waals surface area contributed by atoms with Crippen molar-refractivity contribution in [3.8, 4) is 0 Å². The molecule has 0 heterocycles. The van der Waals surface area contributed by atoms with Crippen LogP contribution >= 0.6 is 15.9 Å². The number of rotatable bonds is 8. The fourth-order valence-electron chi connectivity index (χ4n) is 2.81. The normalized spacial score (nSPS) is 14.0. The third-order valence-corrected chi connectivity index (χ3v) is 6.03. The highest BCUT2D eigenvalue weighted by Crippen LogP contribution is 2.28. The van der Waals surface area contributed by atoms with Gasteiger partial charge < -0.3 is 16.8 Å². The van der Waals surface area contributed by atoms with Gasteiger partial charge in [-0.1, -0.05) is 24.3 Å². The van der Waals surface area contributed by atoms with E-state index in [0.29, 0.717) is 29.7 Å². The average Bonchev–Trinajstić information content (AvgIpc) is 2.59. The van der Waals surface area contributed by atoms with Crippen LogP contribution in [0.15, 0.2) is 45.8 Å². The SMILES string of the molecule is C[C@@H](N)[C@H](CNc1cc(F)c(S(N)(=O)=O)cc1Br)Cc1ccccc1CN. The zero-order chi connectivity index (χ0) is 20.2. The lowest BCUT2D eigenvalue weighted by molar-refractivity contribution is 0.461. The summed E-state index contributed by atoms with van der Waals surface area (Å²) in [6.07, 6.45) is 0.716. The molecule has 0 radical (unpaired) electrons. The molecule has 0 aromatic heterocycles. The molecule has 0 amide bonds. The Balaban J connectivity index is 2.18. The van der Waals surface area contributed by atoms with Gasteiger partial charge in [0.05, 0.1) is 5.69 Å². The molecule has 0 spiro atoms. The van der Waals surface area contributed by atoms with Gasteiger partial charge in [0.1, 0.15) is 10.7 Å². The Morgan fingerprint density at radius 3 is 2.41 bits per heavy atom. The van der Waals surface area contributed by atoms with Crippen LogP contribution in [0.3, 0.4) is 0 Å². The van der Waals surface area contributed by atoms with E-state index in [4.69, 9.17) is 16.6 Å². The number of primary sulfonamides is 1. The molecule has 2 aromatic carbocycles. The number of hydrogen-bond donors (Lipinski definition) is 4. The van der Waals surface area contributed by atoms with E-state index in [-0.39, 0.29) is 12.0 Å². The standard InChI is InChI=1S/C18H24BrFN4O2S/c1-11(22)14(6-12-4-2-3-5-13(12)9-21)10-24-17-8-16(20)18(7-15(17)19)27(23,25)26/h2-5,7-8,11,14,24H,6,9-10,21-22H2,1H3,(H2,23,25,26)/t11-,14+/m1/s1. The van der Waals surface area contributed by atoms with Crippen LogP contribution in [0.1, 0.15) is 18.1 Å². The lowest BCUT2D eigenvalue weighted by Gasteiger charge is -2.23. The Bertz CT molecular complexity index is 906. The minimum absolute atomic E-state index is 0.0607. The number of nitrogens with one attached hydrogen (secondary N) is 1. The molecule has 0 bridgehead atoms. The quantitative estimate of drug-likeness (QED) is 0.482. The van der Waals surface area contributed by atoms with Gasteiger partial charge in [0.15, 0.2) is 0 Å². The van der Waals surface area contributed by atoms with Gasteiger partial charge in [-0.25, -0.2) is 17.9 Å². The number of hydrogen-bond acceptors (Lipinski definition) is 5. The van der Waals surface area contributed by atoms with E-state index >= 15 is 0 Å². The first-order valence-corrected chi connectivity index (χ1v) is 10.8. The number of nitrogens with two attached hydrogens (primary N) is 3. The maximum Gasteiger partial charge on any atom is 0.241 e. The third-order valence-electron chi connectivity index (χ3n) is 4.45. The summed E-state index contributed by atoms with van der Waals surface area (Å²) in [5.74, 6) is -0.848. The van der Waals surface area contributed by atoms with Crippen LogP contribution in [0, 0.1) is 11.7 Å². The fraction of sp³-hybridized carbons (Fsp3) is 0.333. The maximum absolute atomic E-state index is 14.1. The number of halogens is 2. The Morgan fingerprint density at radius 2 is 1.85 bits per heavy atom. The maximum atomic E-state index is 14.1. The highest BCUT2D eigenvalue weighted by atomic mass is 79.9. The molecule has 0 aliphatic carbocycles. The van der Waals surface area contributed by atoms with Gasteiger partial charge in [-0.05, 0) is 58.5 Å². The predicted molar refractivity (Wildman–Crippen MR) is 109 cm³/mol. The molecule has 0 aliphatic heterocycles. The van der Waals surface area contributed by atoms with Gasteiger partial charge in [0, 0.05) is 23.6 Å². The molecule has 0 aliphatic rings. The zero-order valence-electron chi connectivity index (χ0n) is 15.0. The molecule has 27 heavy (non-hydrogen) atoms. The first-order chi connectivity index (χ1) is 12.6. The molecule has 0 unspecified atom stereocenters. The number of sulfonamides is 1. The van der Waals surface area contributed by atoms with Crippen molar-refractivity contribution in [3.63, 3.8) is 0 Å². The predicted octanol–water partition coefficient (Wildman–Crippen LogP) is 2.31. The van der Waals surface area contributed by atoms with E-state index < -0.39 is 20.7 Å². The summed E-state index contributed by atoms with van der Waals surface area (Å²) in [7, 11) is -4.13. The molecule has 2 rings (SSSR count).